The zero-order valence-corrected chi connectivity index (χ0v) is 22.1. The second-order valence-corrected chi connectivity index (χ2v) is 9.93. The van der Waals surface area contributed by atoms with E-state index >= 15 is 0 Å². The summed E-state index contributed by atoms with van der Waals surface area (Å²) in [6.45, 7) is 1.72. The summed E-state index contributed by atoms with van der Waals surface area (Å²) in [6.07, 6.45) is 3.07. The lowest BCUT2D eigenvalue weighted by molar-refractivity contribution is -0.137. The molecule has 0 aliphatic heterocycles. The molecule has 3 aromatic heterocycles. The zero-order valence-electron chi connectivity index (χ0n) is 22.1. The lowest BCUT2D eigenvalue weighted by atomic mass is 10.1. The summed E-state index contributed by atoms with van der Waals surface area (Å²) in [6, 6.07) is 13.3. The lowest BCUT2D eigenvalue weighted by Gasteiger charge is -2.14. The van der Waals surface area contributed by atoms with E-state index in [2.05, 4.69) is 25.6 Å². The lowest BCUT2D eigenvalue weighted by Crippen LogP contribution is -2.15. The molecule has 0 unspecified atom stereocenters. The molecule has 2 amide bonds. The third-order valence-electron chi connectivity index (χ3n) is 6.63. The van der Waals surface area contributed by atoms with Crippen molar-refractivity contribution in [3.63, 3.8) is 0 Å². The van der Waals surface area contributed by atoms with Crippen molar-refractivity contribution in [3.05, 3.63) is 96.5 Å². The number of ether oxygens (including phenoxy) is 1. The summed E-state index contributed by atoms with van der Waals surface area (Å²) in [5, 5.41) is 6.44. The van der Waals surface area contributed by atoms with Gasteiger partial charge >= 0.3 is 6.18 Å². The molecule has 0 radical (unpaired) electrons. The fourth-order valence-corrected chi connectivity index (χ4v) is 4.40. The van der Waals surface area contributed by atoms with Crippen molar-refractivity contribution in [2.45, 2.75) is 25.9 Å². The van der Waals surface area contributed by atoms with Gasteiger partial charge in [-0.1, -0.05) is 0 Å². The molecular weight excluding hydrogens is 549 g/mol. The van der Waals surface area contributed by atoms with Crippen LogP contribution in [0.2, 0.25) is 0 Å². The Bertz CT molecular complexity index is 1830. The summed E-state index contributed by atoms with van der Waals surface area (Å²) in [5.74, 6) is 0.593. The Morgan fingerprint density at radius 1 is 0.929 bits per heavy atom. The first-order valence-corrected chi connectivity index (χ1v) is 13.0. The van der Waals surface area contributed by atoms with E-state index in [1.807, 2.05) is 0 Å². The quantitative estimate of drug-likeness (QED) is 0.229. The molecule has 3 heterocycles. The Balaban J connectivity index is 1.24. The Morgan fingerprint density at radius 3 is 2.45 bits per heavy atom. The summed E-state index contributed by atoms with van der Waals surface area (Å²) in [7, 11) is 0. The first-order valence-electron chi connectivity index (χ1n) is 13.0. The normalized spacial score (nSPS) is 13.1. The molecule has 2 N–H and O–H groups in total. The molecule has 0 atom stereocenters. The molecule has 0 saturated heterocycles. The number of nitrogens with one attached hydrogen (secondary N) is 2. The minimum Gasteiger partial charge on any atom is -0.457 e. The molecule has 9 nitrogen and oxygen atoms in total. The van der Waals surface area contributed by atoms with Gasteiger partial charge in [0.15, 0.2) is 0 Å². The molecule has 1 aliphatic carbocycles. The van der Waals surface area contributed by atoms with Gasteiger partial charge < -0.3 is 19.9 Å². The number of rotatable bonds is 7. The molecule has 1 aliphatic rings. The van der Waals surface area contributed by atoms with Crippen LogP contribution >= 0.6 is 0 Å². The van der Waals surface area contributed by atoms with Crippen molar-refractivity contribution < 1.29 is 27.5 Å². The van der Waals surface area contributed by atoms with E-state index < -0.39 is 17.6 Å². The summed E-state index contributed by atoms with van der Waals surface area (Å²) in [4.78, 5) is 37.7. The van der Waals surface area contributed by atoms with Crippen LogP contribution in [0.4, 0.5) is 24.7 Å². The van der Waals surface area contributed by atoms with E-state index in [-0.39, 0.29) is 28.9 Å². The van der Waals surface area contributed by atoms with Crippen LogP contribution in [0.5, 0.6) is 11.5 Å². The Labute approximate surface area is 237 Å². The number of aryl methyl sites for hydroxylation is 1. The Kier molecular flexibility index (Phi) is 6.81. The number of carbonyl (C=O) groups excluding carboxylic acids is 2. The molecule has 6 rings (SSSR count). The van der Waals surface area contributed by atoms with Crippen LogP contribution in [0, 0.1) is 12.8 Å². The van der Waals surface area contributed by atoms with E-state index in [0.717, 1.165) is 25.0 Å². The zero-order chi connectivity index (χ0) is 29.4. The highest BCUT2D eigenvalue weighted by atomic mass is 19.4. The molecular formula is C30H23F3N6O3. The van der Waals surface area contributed by atoms with E-state index in [4.69, 9.17) is 4.74 Å². The number of halogens is 3. The van der Waals surface area contributed by atoms with Crippen LogP contribution < -0.4 is 15.4 Å². The van der Waals surface area contributed by atoms with Gasteiger partial charge in [0.05, 0.1) is 17.6 Å². The molecule has 42 heavy (non-hydrogen) atoms. The van der Waals surface area contributed by atoms with Crippen molar-refractivity contribution >= 4 is 34.1 Å². The largest absolute Gasteiger partial charge is 0.457 e. The van der Waals surface area contributed by atoms with Crippen molar-refractivity contribution in [2.24, 2.45) is 5.92 Å². The third-order valence-corrected chi connectivity index (χ3v) is 6.63. The Hall–Kier alpha value is -5.26. The highest BCUT2D eigenvalue weighted by Crippen LogP contribution is 2.34. The topological polar surface area (TPSA) is 111 Å². The van der Waals surface area contributed by atoms with Crippen molar-refractivity contribution in [1.82, 2.24) is 19.5 Å². The minimum absolute atomic E-state index is 0.0328. The molecule has 12 heteroatoms. The Morgan fingerprint density at radius 2 is 1.71 bits per heavy atom. The smallest absolute Gasteiger partial charge is 0.416 e. The number of aromatic nitrogens is 4. The maximum atomic E-state index is 13.7. The van der Waals surface area contributed by atoms with Crippen molar-refractivity contribution in [3.8, 4) is 17.2 Å². The van der Waals surface area contributed by atoms with E-state index in [9.17, 15) is 22.8 Å². The average Bonchev–Trinajstić information content (AvgIpc) is 3.72. The summed E-state index contributed by atoms with van der Waals surface area (Å²) < 4.78 is 48.4. The fourth-order valence-electron chi connectivity index (χ4n) is 4.40. The standard InChI is InChI=1S/C30H23F3N6O3/c1-17-15-39(16-36-17)22-12-20(30(31,32)33)11-21(13-22)37-29(41)27-25-5-4-23(10-19(25)6-8-35-27)42-24-7-9-34-26(14-24)38-28(40)18-2-3-18/h4-16,18H,2-3H2,1H3,(H,37,41)(H,34,38,40). The number of hydrogen-bond donors (Lipinski definition) is 2. The van der Waals surface area contributed by atoms with Crippen LogP contribution in [0.3, 0.4) is 0 Å². The monoisotopic (exact) mass is 572 g/mol. The molecule has 212 valence electrons. The highest BCUT2D eigenvalue weighted by Gasteiger charge is 2.32. The highest BCUT2D eigenvalue weighted by molar-refractivity contribution is 6.11. The molecule has 1 fully saturated rings. The number of anilines is 2. The molecule has 2 aromatic carbocycles. The van der Waals surface area contributed by atoms with Crippen LogP contribution in [-0.2, 0) is 11.0 Å². The number of fused-ring (bicyclic) bond motifs is 1. The predicted octanol–water partition coefficient (Wildman–Crippen LogP) is 6.54. The van der Waals surface area contributed by atoms with Gasteiger partial charge in [-0.05, 0) is 73.7 Å². The third kappa shape index (κ3) is 5.92. The van der Waals surface area contributed by atoms with Crippen LogP contribution in [-0.4, -0.2) is 31.3 Å². The van der Waals surface area contributed by atoms with Gasteiger partial charge in [-0.15, -0.1) is 0 Å². The van der Waals surface area contributed by atoms with Crippen LogP contribution in [0.1, 0.15) is 34.6 Å². The molecule has 0 spiro atoms. The minimum atomic E-state index is -4.63. The van der Waals surface area contributed by atoms with Gasteiger partial charge in [0, 0.05) is 47.3 Å². The molecule has 5 aromatic rings. The van der Waals surface area contributed by atoms with E-state index in [1.165, 1.54) is 29.4 Å². The number of imidazole rings is 1. The number of pyridine rings is 2. The van der Waals surface area contributed by atoms with Crippen molar-refractivity contribution in [1.29, 1.82) is 0 Å². The van der Waals surface area contributed by atoms with Crippen LogP contribution in [0.25, 0.3) is 16.5 Å². The van der Waals surface area contributed by atoms with E-state index in [1.54, 1.807) is 49.5 Å². The number of amides is 2. The number of alkyl halides is 3. The molecule has 1 saturated carbocycles. The first-order chi connectivity index (χ1) is 20.1. The van der Waals surface area contributed by atoms with Gasteiger partial charge in [0.1, 0.15) is 23.0 Å². The second-order valence-electron chi connectivity index (χ2n) is 9.93. The maximum absolute atomic E-state index is 13.7. The summed E-state index contributed by atoms with van der Waals surface area (Å²) in [5.41, 5.74) is -0.103. The van der Waals surface area contributed by atoms with Gasteiger partial charge in [-0.25, -0.2) is 9.97 Å². The molecule has 0 bridgehead atoms. The van der Waals surface area contributed by atoms with Crippen LogP contribution in [0.15, 0.2) is 79.5 Å². The second kappa shape index (κ2) is 10.6. The van der Waals surface area contributed by atoms with Crippen molar-refractivity contribution in [2.75, 3.05) is 10.6 Å². The SMILES string of the molecule is Cc1cn(-c2cc(NC(=O)c3nccc4cc(Oc5ccnc(NC(=O)C6CC6)c5)ccc34)cc(C(F)(F)F)c2)cn1. The van der Waals surface area contributed by atoms with Gasteiger partial charge in [-0.3, -0.25) is 14.6 Å². The maximum Gasteiger partial charge on any atom is 0.416 e. The fraction of sp³-hybridized carbons (Fsp3) is 0.167. The van der Waals surface area contributed by atoms with Gasteiger partial charge in [-0.2, -0.15) is 13.2 Å². The number of hydrogen-bond acceptors (Lipinski definition) is 6. The number of benzene rings is 2. The number of nitrogens with zero attached hydrogens (tertiary/aromatic N) is 4. The van der Waals surface area contributed by atoms with E-state index in [0.29, 0.717) is 33.8 Å². The number of carbonyl (C=O) groups is 2. The van der Waals surface area contributed by atoms with Gasteiger partial charge in [0.2, 0.25) is 5.91 Å². The summed E-state index contributed by atoms with van der Waals surface area (Å²) >= 11 is 0. The first kappa shape index (κ1) is 26.9. The average molecular weight is 573 g/mol. The predicted molar refractivity (Wildman–Crippen MR) is 149 cm³/mol. The van der Waals surface area contributed by atoms with Gasteiger partial charge in [0.25, 0.3) is 5.91 Å².